The van der Waals surface area contributed by atoms with Gasteiger partial charge in [0, 0.05) is 23.9 Å². The third-order valence-corrected chi connectivity index (χ3v) is 3.16. The van der Waals surface area contributed by atoms with Crippen molar-refractivity contribution in [3.63, 3.8) is 0 Å². The van der Waals surface area contributed by atoms with E-state index >= 15 is 0 Å². The summed E-state index contributed by atoms with van der Waals surface area (Å²) >= 11 is 0. The first kappa shape index (κ1) is 13.9. The van der Waals surface area contributed by atoms with E-state index in [-0.39, 0.29) is 16.4 Å². The van der Waals surface area contributed by atoms with Gasteiger partial charge in [-0.1, -0.05) is 12.1 Å². The minimum atomic E-state index is -0.374. The van der Waals surface area contributed by atoms with Crippen LogP contribution in [0.2, 0.25) is 0 Å². The van der Waals surface area contributed by atoms with Crippen molar-refractivity contribution in [2.24, 2.45) is 0 Å². The molecule has 5 heteroatoms. The normalized spacial score (nSPS) is 10.3. The van der Waals surface area contributed by atoms with Crippen LogP contribution in [0.3, 0.4) is 0 Å². The monoisotopic (exact) mass is 272 g/mol. The van der Waals surface area contributed by atoms with Crippen LogP contribution in [-0.2, 0) is 6.54 Å². The Kier molecular flexibility index (Phi) is 3.89. The highest BCUT2D eigenvalue weighted by atomic mass is 16.6. The fraction of sp³-hybridized carbons (Fsp3) is 0.200. The number of aromatic hydroxyl groups is 1. The number of hydrogen-bond donors (Lipinski definition) is 2. The van der Waals surface area contributed by atoms with Crippen LogP contribution in [0.15, 0.2) is 36.4 Å². The maximum Gasteiger partial charge on any atom is 0.274 e. The van der Waals surface area contributed by atoms with Gasteiger partial charge in [-0.3, -0.25) is 10.1 Å². The van der Waals surface area contributed by atoms with E-state index in [0.717, 1.165) is 16.8 Å². The first-order valence-corrected chi connectivity index (χ1v) is 6.25. The summed E-state index contributed by atoms with van der Waals surface area (Å²) in [6.45, 7) is 4.19. The summed E-state index contributed by atoms with van der Waals surface area (Å²) in [5, 5.41) is 23.4. The lowest BCUT2D eigenvalue weighted by molar-refractivity contribution is -0.385. The second kappa shape index (κ2) is 5.61. The zero-order valence-electron chi connectivity index (χ0n) is 11.4. The van der Waals surface area contributed by atoms with Crippen LogP contribution in [-0.4, -0.2) is 10.0 Å². The SMILES string of the molecule is Cc1cc(C)c([N+](=O)[O-])cc1NCc1ccc(O)cc1. The van der Waals surface area contributed by atoms with Crippen LogP contribution in [0.25, 0.3) is 0 Å². The maximum absolute atomic E-state index is 10.9. The molecule has 0 radical (unpaired) electrons. The van der Waals surface area contributed by atoms with Crippen molar-refractivity contribution in [3.05, 3.63) is 63.2 Å². The van der Waals surface area contributed by atoms with Crippen molar-refractivity contribution in [1.29, 1.82) is 0 Å². The minimum Gasteiger partial charge on any atom is -0.508 e. The van der Waals surface area contributed by atoms with Gasteiger partial charge in [0.2, 0.25) is 0 Å². The van der Waals surface area contributed by atoms with Crippen molar-refractivity contribution < 1.29 is 10.0 Å². The van der Waals surface area contributed by atoms with Crippen LogP contribution < -0.4 is 5.32 Å². The van der Waals surface area contributed by atoms with Crippen LogP contribution in [0.5, 0.6) is 5.75 Å². The predicted molar refractivity (Wildman–Crippen MR) is 78.0 cm³/mol. The smallest absolute Gasteiger partial charge is 0.274 e. The van der Waals surface area contributed by atoms with Gasteiger partial charge in [-0.15, -0.1) is 0 Å². The summed E-state index contributed by atoms with van der Waals surface area (Å²) in [4.78, 5) is 10.6. The Morgan fingerprint density at radius 2 is 1.80 bits per heavy atom. The maximum atomic E-state index is 10.9. The van der Waals surface area contributed by atoms with Crippen molar-refractivity contribution in [2.75, 3.05) is 5.32 Å². The Morgan fingerprint density at radius 1 is 1.15 bits per heavy atom. The molecule has 0 aliphatic heterocycles. The standard InChI is InChI=1S/C15H16N2O3/c1-10-7-11(2)15(17(19)20)8-14(10)16-9-12-3-5-13(18)6-4-12/h3-8,16,18H,9H2,1-2H3. The number of nitro benzene ring substituents is 1. The molecule has 0 bridgehead atoms. The highest BCUT2D eigenvalue weighted by Gasteiger charge is 2.13. The molecular formula is C15H16N2O3. The number of anilines is 1. The summed E-state index contributed by atoms with van der Waals surface area (Å²) in [6.07, 6.45) is 0. The molecule has 0 saturated carbocycles. The number of nitrogens with zero attached hydrogens (tertiary/aromatic N) is 1. The highest BCUT2D eigenvalue weighted by molar-refractivity contribution is 5.60. The Morgan fingerprint density at radius 3 is 2.40 bits per heavy atom. The fourth-order valence-corrected chi connectivity index (χ4v) is 2.04. The van der Waals surface area contributed by atoms with E-state index < -0.39 is 0 Å². The van der Waals surface area contributed by atoms with E-state index in [1.54, 1.807) is 43.3 Å². The van der Waals surface area contributed by atoms with Crippen LogP contribution in [0, 0.1) is 24.0 Å². The molecule has 0 aliphatic rings. The summed E-state index contributed by atoms with van der Waals surface area (Å²) in [5.41, 5.74) is 3.47. The molecule has 2 N–H and O–H groups in total. The third-order valence-electron chi connectivity index (χ3n) is 3.16. The molecule has 2 aromatic carbocycles. The molecule has 0 spiro atoms. The van der Waals surface area contributed by atoms with Crippen molar-refractivity contribution in [3.8, 4) is 5.75 Å². The topological polar surface area (TPSA) is 75.4 Å². The molecule has 0 heterocycles. The van der Waals surface area contributed by atoms with Gasteiger partial charge in [-0.2, -0.15) is 0 Å². The second-order valence-corrected chi connectivity index (χ2v) is 4.73. The molecule has 2 aromatic rings. The number of nitro groups is 1. The molecule has 0 atom stereocenters. The molecule has 0 amide bonds. The largest absolute Gasteiger partial charge is 0.508 e. The number of phenolic OH excluding ortho intramolecular Hbond substituents is 1. The highest BCUT2D eigenvalue weighted by Crippen LogP contribution is 2.26. The molecule has 0 fully saturated rings. The number of aryl methyl sites for hydroxylation is 2. The first-order valence-electron chi connectivity index (χ1n) is 6.25. The average molecular weight is 272 g/mol. The lowest BCUT2D eigenvalue weighted by Crippen LogP contribution is -2.03. The van der Waals surface area contributed by atoms with Crippen LogP contribution >= 0.6 is 0 Å². The van der Waals surface area contributed by atoms with Gasteiger partial charge in [0.25, 0.3) is 5.69 Å². The Labute approximate surface area is 117 Å². The Balaban J connectivity index is 2.18. The molecule has 104 valence electrons. The Hall–Kier alpha value is -2.56. The predicted octanol–water partition coefficient (Wildman–Crippen LogP) is 3.53. The molecule has 5 nitrogen and oxygen atoms in total. The summed E-state index contributed by atoms with van der Waals surface area (Å²) in [7, 11) is 0. The molecule has 0 aromatic heterocycles. The molecule has 0 aliphatic carbocycles. The van der Waals surface area contributed by atoms with E-state index in [1.165, 1.54) is 0 Å². The number of nitrogens with one attached hydrogen (secondary N) is 1. The Bertz CT molecular complexity index is 636. The van der Waals surface area contributed by atoms with Gasteiger partial charge >= 0.3 is 0 Å². The lowest BCUT2D eigenvalue weighted by Gasteiger charge is -2.11. The summed E-state index contributed by atoms with van der Waals surface area (Å²) in [5.74, 6) is 0.218. The van der Waals surface area contributed by atoms with Gasteiger partial charge in [0.15, 0.2) is 0 Å². The zero-order chi connectivity index (χ0) is 14.7. The molecular weight excluding hydrogens is 256 g/mol. The van der Waals surface area contributed by atoms with E-state index in [0.29, 0.717) is 12.1 Å². The van der Waals surface area contributed by atoms with Crippen molar-refractivity contribution in [1.82, 2.24) is 0 Å². The van der Waals surface area contributed by atoms with Gasteiger partial charge in [-0.05, 0) is 43.2 Å². The van der Waals surface area contributed by atoms with Gasteiger partial charge in [0.05, 0.1) is 4.92 Å². The number of rotatable bonds is 4. The molecule has 20 heavy (non-hydrogen) atoms. The van der Waals surface area contributed by atoms with Gasteiger partial charge in [-0.25, -0.2) is 0 Å². The quantitative estimate of drug-likeness (QED) is 0.659. The van der Waals surface area contributed by atoms with Gasteiger partial charge in [0.1, 0.15) is 5.75 Å². The minimum absolute atomic E-state index is 0.115. The summed E-state index contributed by atoms with van der Waals surface area (Å²) in [6, 6.07) is 10.2. The number of benzene rings is 2. The molecule has 2 rings (SSSR count). The molecule has 0 unspecified atom stereocenters. The van der Waals surface area contributed by atoms with Crippen molar-refractivity contribution in [2.45, 2.75) is 20.4 Å². The lowest BCUT2D eigenvalue weighted by atomic mass is 10.1. The number of phenols is 1. The van der Waals surface area contributed by atoms with E-state index in [4.69, 9.17) is 0 Å². The van der Waals surface area contributed by atoms with Crippen LogP contribution in [0.1, 0.15) is 16.7 Å². The van der Waals surface area contributed by atoms with E-state index in [2.05, 4.69) is 5.32 Å². The summed E-state index contributed by atoms with van der Waals surface area (Å²) < 4.78 is 0. The van der Waals surface area contributed by atoms with Gasteiger partial charge < -0.3 is 10.4 Å². The van der Waals surface area contributed by atoms with E-state index in [1.807, 2.05) is 6.92 Å². The first-order chi connectivity index (χ1) is 9.47. The van der Waals surface area contributed by atoms with Crippen molar-refractivity contribution >= 4 is 11.4 Å². The third kappa shape index (κ3) is 3.06. The zero-order valence-corrected chi connectivity index (χ0v) is 11.4. The number of hydrogen-bond acceptors (Lipinski definition) is 4. The van der Waals surface area contributed by atoms with Crippen LogP contribution in [0.4, 0.5) is 11.4 Å². The van der Waals surface area contributed by atoms with E-state index in [9.17, 15) is 15.2 Å². The second-order valence-electron chi connectivity index (χ2n) is 4.73. The average Bonchev–Trinajstić information content (AvgIpc) is 2.39. The molecule has 0 saturated heterocycles. The fourth-order valence-electron chi connectivity index (χ4n) is 2.04.